The Balaban J connectivity index is 2.09. The van der Waals surface area contributed by atoms with Crippen LogP contribution < -0.4 is 14.8 Å². The number of nitrogens with zero attached hydrogens (tertiary/aromatic N) is 1. The van der Waals surface area contributed by atoms with Crippen LogP contribution in [0.25, 0.3) is 0 Å². The van der Waals surface area contributed by atoms with E-state index in [9.17, 15) is 4.79 Å². The van der Waals surface area contributed by atoms with Crippen LogP contribution in [-0.4, -0.2) is 25.1 Å². The zero-order chi connectivity index (χ0) is 15.2. The second-order valence-corrected chi connectivity index (χ2v) is 4.57. The third kappa shape index (κ3) is 3.95. The molecule has 21 heavy (non-hydrogen) atoms. The number of hydrogen-bond acceptors (Lipinski definition) is 4. The number of aryl methyl sites for hydroxylation is 1. The summed E-state index contributed by atoms with van der Waals surface area (Å²) < 4.78 is 10.4. The van der Waals surface area contributed by atoms with Crippen LogP contribution in [0.5, 0.6) is 11.5 Å². The monoisotopic (exact) mass is 286 g/mol. The van der Waals surface area contributed by atoms with E-state index in [1.807, 2.05) is 25.1 Å². The molecule has 2 aromatic rings. The average Bonchev–Trinajstić information content (AvgIpc) is 2.47. The Kier molecular flexibility index (Phi) is 4.77. The number of hydrogen-bond donors (Lipinski definition) is 1. The number of carbonyl (C=O) groups excluding carboxylic acids is 1. The maximum Gasteiger partial charge on any atom is 0.230 e. The molecule has 5 nitrogen and oxygen atoms in total. The molecule has 1 heterocycles. The lowest BCUT2D eigenvalue weighted by Crippen LogP contribution is -2.16. The predicted molar refractivity (Wildman–Crippen MR) is 80.9 cm³/mol. The molecule has 5 heteroatoms. The van der Waals surface area contributed by atoms with Crippen LogP contribution in [0.15, 0.2) is 36.4 Å². The summed E-state index contributed by atoms with van der Waals surface area (Å²) in [5.41, 5.74) is 1.65. The van der Waals surface area contributed by atoms with Gasteiger partial charge in [-0.3, -0.25) is 4.79 Å². The number of aromatic nitrogens is 1. The SMILES string of the molecule is COc1ccc(CC(=O)Nc2cccc(C)n2)c(OC)c1. The van der Waals surface area contributed by atoms with E-state index in [0.29, 0.717) is 17.3 Å². The van der Waals surface area contributed by atoms with E-state index >= 15 is 0 Å². The van der Waals surface area contributed by atoms with Gasteiger partial charge in [-0.15, -0.1) is 0 Å². The van der Waals surface area contributed by atoms with Crippen molar-refractivity contribution in [2.75, 3.05) is 19.5 Å². The summed E-state index contributed by atoms with van der Waals surface area (Å²) in [6.45, 7) is 1.88. The molecule has 110 valence electrons. The number of ether oxygens (including phenoxy) is 2. The lowest BCUT2D eigenvalue weighted by atomic mass is 10.1. The highest BCUT2D eigenvalue weighted by molar-refractivity contribution is 5.91. The first-order chi connectivity index (χ1) is 10.1. The van der Waals surface area contributed by atoms with Gasteiger partial charge in [-0.25, -0.2) is 4.98 Å². The number of amides is 1. The summed E-state index contributed by atoms with van der Waals surface area (Å²) in [5, 5.41) is 2.77. The minimum absolute atomic E-state index is 0.142. The van der Waals surface area contributed by atoms with Gasteiger partial charge < -0.3 is 14.8 Å². The van der Waals surface area contributed by atoms with Crippen LogP contribution in [0.2, 0.25) is 0 Å². The lowest BCUT2D eigenvalue weighted by molar-refractivity contribution is -0.115. The number of rotatable bonds is 5. The van der Waals surface area contributed by atoms with Crippen LogP contribution in [0, 0.1) is 6.92 Å². The number of benzene rings is 1. The highest BCUT2D eigenvalue weighted by Crippen LogP contribution is 2.25. The van der Waals surface area contributed by atoms with E-state index in [-0.39, 0.29) is 12.3 Å². The Labute approximate surface area is 123 Å². The Bertz CT molecular complexity index is 641. The van der Waals surface area contributed by atoms with Crippen molar-refractivity contribution in [2.45, 2.75) is 13.3 Å². The third-order valence-electron chi connectivity index (χ3n) is 3.00. The molecule has 0 aliphatic heterocycles. The number of methoxy groups -OCH3 is 2. The topological polar surface area (TPSA) is 60.5 Å². The van der Waals surface area contributed by atoms with Gasteiger partial charge in [-0.1, -0.05) is 12.1 Å². The van der Waals surface area contributed by atoms with Gasteiger partial charge in [0.15, 0.2) is 0 Å². The average molecular weight is 286 g/mol. The fraction of sp³-hybridized carbons (Fsp3) is 0.250. The van der Waals surface area contributed by atoms with E-state index in [1.54, 1.807) is 32.4 Å². The van der Waals surface area contributed by atoms with Crippen molar-refractivity contribution in [1.82, 2.24) is 4.98 Å². The molecule has 1 aromatic carbocycles. The molecule has 0 bridgehead atoms. The Morgan fingerprint density at radius 1 is 1.19 bits per heavy atom. The smallest absolute Gasteiger partial charge is 0.230 e. The van der Waals surface area contributed by atoms with E-state index < -0.39 is 0 Å². The molecular weight excluding hydrogens is 268 g/mol. The normalized spacial score (nSPS) is 10.0. The predicted octanol–water partition coefficient (Wildman–Crippen LogP) is 2.59. The van der Waals surface area contributed by atoms with Crippen LogP contribution >= 0.6 is 0 Å². The summed E-state index contributed by atoms with van der Waals surface area (Å²) in [5.74, 6) is 1.72. The number of pyridine rings is 1. The Hall–Kier alpha value is -2.56. The summed E-state index contributed by atoms with van der Waals surface area (Å²) in [7, 11) is 3.16. The minimum atomic E-state index is -0.142. The molecule has 2 rings (SSSR count). The van der Waals surface area contributed by atoms with Crippen molar-refractivity contribution < 1.29 is 14.3 Å². The molecule has 0 fully saturated rings. The van der Waals surface area contributed by atoms with Gasteiger partial charge in [0, 0.05) is 17.3 Å². The first kappa shape index (κ1) is 14.8. The molecule has 1 N–H and O–H groups in total. The van der Waals surface area contributed by atoms with Gasteiger partial charge in [-0.05, 0) is 25.1 Å². The molecule has 1 amide bonds. The van der Waals surface area contributed by atoms with Crippen LogP contribution in [0.4, 0.5) is 5.82 Å². The van der Waals surface area contributed by atoms with E-state index in [1.165, 1.54) is 0 Å². The molecular formula is C16H18N2O3. The molecule has 0 spiro atoms. The highest BCUT2D eigenvalue weighted by Gasteiger charge is 2.10. The molecule has 0 saturated carbocycles. The molecule has 0 atom stereocenters. The van der Waals surface area contributed by atoms with Crippen molar-refractivity contribution in [2.24, 2.45) is 0 Å². The van der Waals surface area contributed by atoms with Crippen molar-refractivity contribution >= 4 is 11.7 Å². The van der Waals surface area contributed by atoms with Crippen LogP contribution in [0.3, 0.4) is 0 Å². The van der Waals surface area contributed by atoms with Gasteiger partial charge in [0.25, 0.3) is 0 Å². The number of anilines is 1. The van der Waals surface area contributed by atoms with Crippen LogP contribution in [-0.2, 0) is 11.2 Å². The fourth-order valence-electron chi connectivity index (χ4n) is 1.97. The molecule has 0 aliphatic carbocycles. The quantitative estimate of drug-likeness (QED) is 0.917. The van der Waals surface area contributed by atoms with Crippen molar-refractivity contribution in [3.8, 4) is 11.5 Å². The minimum Gasteiger partial charge on any atom is -0.497 e. The lowest BCUT2D eigenvalue weighted by Gasteiger charge is -2.10. The van der Waals surface area contributed by atoms with E-state index in [2.05, 4.69) is 10.3 Å². The van der Waals surface area contributed by atoms with Gasteiger partial charge in [0.1, 0.15) is 17.3 Å². The first-order valence-corrected chi connectivity index (χ1v) is 6.57. The van der Waals surface area contributed by atoms with E-state index in [0.717, 1.165) is 11.3 Å². The van der Waals surface area contributed by atoms with Gasteiger partial charge in [0.05, 0.1) is 20.6 Å². The maximum atomic E-state index is 12.1. The summed E-state index contributed by atoms with van der Waals surface area (Å²) in [6.07, 6.45) is 0.211. The summed E-state index contributed by atoms with van der Waals surface area (Å²) in [6, 6.07) is 10.9. The van der Waals surface area contributed by atoms with Gasteiger partial charge in [0.2, 0.25) is 5.91 Å². The second-order valence-electron chi connectivity index (χ2n) is 4.57. The standard InChI is InChI=1S/C16H18N2O3/c1-11-5-4-6-15(17-11)18-16(19)9-12-7-8-13(20-2)10-14(12)21-3/h4-8,10H,9H2,1-3H3,(H,17,18,19). The molecule has 0 radical (unpaired) electrons. The van der Waals surface area contributed by atoms with Gasteiger partial charge in [-0.2, -0.15) is 0 Å². The van der Waals surface area contributed by atoms with Crippen molar-refractivity contribution in [3.05, 3.63) is 47.7 Å². The molecule has 0 aliphatic rings. The maximum absolute atomic E-state index is 12.1. The zero-order valence-corrected chi connectivity index (χ0v) is 12.3. The van der Waals surface area contributed by atoms with Crippen molar-refractivity contribution in [1.29, 1.82) is 0 Å². The molecule has 0 unspecified atom stereocenters. The Morgan fingerprint density at radius 3 is 2.67 bits per heavy atom. The highest BCUT2D eigenvalue weighted by atomic mass is 16.5. The third-order valence-corrected chi connectivity index (χ3v) is 3.00. The van der Waals surface area contributed by atoms with E-state index in [4.69, 9.17) is 9.47 Å². The number of carbonyl (C=O) groups is 1. The van der Waals surface area contributed by atoms with Crippen LogP contribution in [0.1, 0.15) is 11.3 Å². The molecule has 1 aromatic heterocycles. The van der Waals surface area contributed by atoms with Gasteiger partial charge >= 0.3 is 0 Å². The Morgan fingerprint density at radius 2 is 2.00 bits per heavy atom. The number of nitrogens with one attached hydrogen (secondary N) is 1. The molecule has 0 saturated heterocycles. The zero-order valence-electron chi connectivity index (χ0n) is 12.3. The summed E-state index contributed by atoms with van der Waals surface area (Å²) in [4.78, 5) is 16.3. The first-order valence-electron chi connectivity index (χ1n) is 6.57. The second kappa shape index (κ2) is 6.74. The fourth-order valence-corrected chi connectivity index (χ4v) is 1.97. The summed E-state index contributed by atoms with van der Waals surface area (Å²) >= 11 is 0. The largest absolute Gasteiger partial charge is 0.497 e. The van der Waals surface area contributed by atoms with Crippen molar-refractivity contribution in [3.63, 3.8) is 0 Å².